The van der Waals surface area contributed by atoms with Crippen LogP contribution in [0.1, 0.15) is 49.8 Å². The minimum Gasteiger partial charge on any atom is -0.341 e. The first-order valence-electron chi connectivity index (χ1n) is 10.7. The molecule has 6 nitrogen and oxygen atoms in total. The van der Waals surface area contributed by atoms with Gasteiger partial charge in [0.1, 0.15) is 17.6 Å². The van der Waals surface area contributed by atoms with E-state index in [1.54, 1.807) is 42.5 Å². The van der Waals surface area contributed by atoms with Crippen molar-refractivity contribution in [2.24, 2.45) is 0 Å². The van der Waals surface area contributed by atoms with Crippen molar-refractivity contribution in [1.82, 2.24) is 10.6 Å². The minimum absolute atomic E-state index is 0.103. The molecule has 0 aromatic heterocycles. The van der Waals surface area contributed by atoms with E-state index in [4.69, 9.17) is 0 Å². The molecule has 2 N–H and O–H groups in total. The van der Waals surface area contributed by atoms with E-state index in [9.17, 15) is 18.0 Å². The molecule has 2 atom stereocenters. The van der Waals surface area contributed by atoms with Gasteiger partial charge in [-0.2, -0.15) is 0 Å². The van der Waals surface area contributed by atoms with Crippen LogP contribution in [0, 0.1) is 5.82 Å². The van der Waals surface area contributed by atoms with Gasteiger partial charge in [0.05, 0.1) is 6.04 Å². The van der Waals surface area contributed by atoms with Crippen LogP contribution < -0.4 is 10.6 Å². The summed E-state index contributed by atoms with van der Waals surface area (Å²) in [7, 11) is -3.65. The standard InChI is InChI=1S/C24H29FN2O4S/c1-15(2)17-11-12-18(21(22(17)25)16-8-5-4-6-9-16)23(20(28)14-32(3,30)31)27-24(29)19-10-7-13-26-19/h4-6,8-9,11-12,15,19,23,26H,7,10,13-14H2,1-3H3,(H,27,29). The Morgan fingerprint density at radius 3 is 2.34 bits per heavy atom. The second-order valence-corrected chi connectivity index (χ2v) is 10.7. The summed E-state index contributed by atoms with van der Waals surface area (Å²) in [5.41, 5.74) is 1.47. The first-order chi connectivity index (χ1) is 15.1. The fraction of sp³-hybridized carbons (Fsp3) is 0.417. The maximum Gasteiger partial charge on any atom is 0.237 e. The van der Waals surface area contributed by atoms with Crippen molar-refractivity contribution in [3.05, 3.63) is 59.4 Å². The number of amides is 1. The van der Waals surface area contributed by atoms with Crippen LogP contribution in [0.5, 0.6) is 0 Å². The molecule has 0 radical (unpaired) electrons. The van der Waals surface area contributed by atoms with E-state index >= 15 is 4.39 Å². The molecule has 32 heavy (non-hydrogen) atoms. The summed E-state index contributed by atoms with van der Waals surface area (Å²) in [6, 6.07) is 10.2. The molecule has 0 saturated carbocycles. The van der Waals surface area contributed by atoms with E-state index in [-0.39, 0.29) is 17.0 Å². The molecule has 2 aromatic rings. The largest absolute Gasteiger partial charge is 0.341 e. The number of halogens is 1. The summed E-state index contributed by atoms with van der Waals surface area (Å²) in [6.45, 7) is 4.42. The summed E-state index contributed by atoms with van der Waals surface area (Å²) >= 11 is 0. The number of sulfone groups is 1. The van der Waals surface area contributed by atoms with Crippen LogP contribution in [0.3, 0.4) is 0 Å². The normalized spacial score (nSPS) is 17.3. The van der Waals surface area contributed by atoms with Crippen LogP contribution in [0.15, 0.2) is 42.5 Å². The van der Waals surface area contributed by atoms with Gasteiger partial charge < -0.3 is 10.6 Å². The Morgan fingerprint density at radius 1 is 1.12 bits per heavy atom. The number of Topliss-reactive ketones (excluding diaryl/α,β-unsaturated/α-hetero) is 1. The van der Waals surface area contributed by atoms with E-state index in [0.29, 0.717) is 24.1 Å². The van der Waals surface area contributed by atoms with E-state index in [2.05, 4.69) is 10.6 Å². The first-order valence-corrected chi connectivity index (χ1v) is 12.8. The molecule has 0 aliphatic carbocycles. The van der Waals surface area contributed by atoms with Crippen molar-refractivity contribution in [2.75, 3.05) is 18.6 Å². The average Bonchev–Trinajstić information content (AvgIpc) is 3.25. The zero-order chi connectivity index (χ0) is 23.5. The molecule has 1 fully saturated rings. The summed E-state index contributed by atoms with van der Waals surface area (Å²) in [6.07, 6.45) is 2.40. The van der Waals surface area contributed by atoms with Crippen molar-refractivity contribution in [3.8, 4) is 11.1 Å². The van der Waals surface area contributed by atoms with Crippen LogP contribution in [0.4, 0.5) is 4.39 Å². The number of carbonyl (C=O) groups excluding carboxylic acids is 2. The van der Waals surface area contributed by atoms with Crippen molar-refractivity contribution in [2.45, 2.75) is 44.7 Å². The lowest BCUT2D eigenvalue weighted by molar-refractivity contribution is -0.128. The number of nitrogens with one attached hydrogen (secondary N) is 2. The smallest absolute Gasteiger partial charge is 0.237 e. The molecule has 1 saturated heterocycles. The van der Waals surface area contributed by atoms with Gasteiger partial charge in [0.2, 0.25) is 5.91 Å². The highest BCUT2D eigenvalue weighted by molar-refractivity contribution is 7.91. The molecular weight excluding hydrogens is 431 g/mol. The Morgan fingerprint density at radius 2 is 1.78 bits per heavy atom. The monoisotopic (exact) mass is 460 g/mol. The molecule has 1 amide bonds. The predicted octanol–water partition coefficient (Wildman–Crippen LogP) is 3.14. The molecule has 1 aliphatic rings. The number of hydrogen-bond acceptors (Lipinski definition) is 5. The average molecular weight is 461 g/mol. The maximum atomic E-state index is 15.7. The molecule has 0 bridgehead atoms. The van der Waals surface area contributed by atoms with Gasteiger partial charge in [-0.1, -0.05) is 56.3 Å². The van der Waals surface area contributed by atoms with Crippen LogP contribution >= 0.6 is 0 Å². The fourth-order valence-electron chi connectivity index (χ4n) is 4.02. The van der Waals surface area contributed by atoms with Crippen LogP contribution in [-0.2, 0) is 19.4 Å². The van der Waals surface area contributed by atoms with Crippen LogP contribution in [0.2, 0.25) is 0 Å². The van der Waals surface area contributed by atoms with Gasteiger partial charge in [0, 0.05) is 11.8 Å². The quantitative estimate of drug-likeness (QED) is 0.631. The number of hydrogen-bond donors (Lipinski definition) is 2. The second kappa shape index (κ2) is 9.92. The maximum absolute atomic E-state index is 15.7. The number of ketones is 1. The van der Waals surface area contributed by atoms with Crippen LogP contribution in [0.25, 0.3) is 11.1 Å². The fourth-order valence-corrected chi connectivity index (χ4v) is 4.70. The van der Waals surface area contributed by atoms with Crippen LogP contribution in [-0.4, -0.2) is 44.7 Å². The molecule has 2 unspecified atom stereocenters. The zero-order valence-corrected chi connectivity index (χ0v) is 19.3. The Balaban J connectivity index is 2.15. The lowest BCUT2D eigenvalue weighted by atomic mass is 9.88. The molecule has 1 heterocycles. The van der Waals surface area contributed by atoms with E-state index in [1.165, 1.54) is 0 Å². The molecule has 2 aromatic carbocycles. The Hall–Kier alpha value is -2.58. The summed E-state index contributed by atoms with van der Waals surface area (Å²) < 4.78 is 39.4. The number of rotatable bonds is 8. The third kappa shape index (κ3) is 5.61. The van der Waals surface area contributed by atoms with Gasteiger partial charge in [0.15, 0.2) is 15.6 Å². The highest BCUT2D eigenvalue weighted by atomic mass is 32.2. The minimum atomic E-state index is -3.65. The lowest BCUT2D eigenvalue weighted by Crippen LogP contribution is -2.45. The highest BCUT2D eigenvalue weighted by Crippen LogP contribution is 2.35. The zero-order valence-electron chi connectivity index (χ0n) is 18.5. The number of carbonyl (C=O) groups is 2. The van der Waals surface area contributed by atoms with Gasteiger partial charge in [-0.15, -0.1) is 0 Å². The molecule has 0 spiro atoms. The van der Waals surface area contributed by atoms with Gasteiger partial charge in [-0.25, -0.2) is 12.8 Å². The molecule has 8 heteroatoms. The summed E-state index contributed by atoms with van der Waals surface area (Å²) in [5.74, 6) is -2.44. The van der Waals surface area contributed by atoms with E-state index < -0.39 is 45.2 Å². The summed E-state index contributed by atoms with van der Waals surface area (Å²) in [5, 5.41) is 5.77. The number of benzene rings is 2. The van der Waals surface area contributed by atoms with Gasteiger partial charge in [0.25, 0.3) is 0 Å². The topological polar surface area (TPSA) is 92.3 Å². The molecule has 3 rings (SSSR count). The van der Waals surface area contributed by atoms with Crippen molar-refractivity contribution in [1.29, 1.82) is 0 Å². The van der Waals surface area contributed by atoms with E-state index in [0.717, 1.165) is 12.7 Å². The Kier molecular flexibility index (Phi) is 7.46. The third-order valence-corrected chi connectivity index (χ3v) is 6.40. The van der Waals surface area contributed by atoms with Gasteiger partial charge in [-0.3, -0.25) is 9.59 Å². The third-order valence-electron chi connectivity index (χ3n) is 5.59. The SMILES string of the molecule is CC(C)c1ccc(C(NC(=O)C2CCCN2)C(=O)CS(C)(=O)=O)c(-c2ccccc2)c1F. The molecule has 172 valence electrons. The van der Waals surface area contributed by atoms with Crippen molar-refractivity contribution in [3.63, 3.8) is 0 Å². The first kappa shape index (κ1) is 24.1. The van der Waals surface area contributed by atoms with Gasteiger partial charge in [-0.05, 0) is 42.0 Å². The molecule has 1 aliphatic heterocycles. The Bertz CT molecular complexity index is 1090. The van der Waals surface area contributed by atoms with Gasteiger partial charge >= 0.3 is 0 Å². The predicted molar refractivity (Wildman–Crippen MR) is 123 cm³/mol. The van der Waals surface area contributed by atoms with Crippen molar-refractivity contribution >= 4 is 21.5 Å². The lowest BCUT2D eigenvalue weighted by Gasteiger charge is -2.24. The summed E-state index contributed by atoms with van der Waals surface area (Å²) in [4.78, 5) is 25.9. The molecular formula is C24H29FN2O4S. The Labute approximate surface area is 188 Å². The second-order valence-electron chi connectivity index (χ2n) is 8.58. The highest BCUT2D eigenvalue weighted by Gasteiger charge is 2.32. The van der Waals surface area contributed by atoms with E-state index in [1.807, 2.05) is 13.8 Å². The van der Waals surface area contributed by atoms with Crippen molar-refractivity contribution < 1.29 is 22.4 Å².